The number of rotatable bonds is 4. The first kappa shape index (κ1) is 19.1. The summed E-state index contributed by atoms with van der Waals surface area (Å²) in [6.45, 7) is 0. The van der Waals surface area contributed by atoms with Crippen molar-refractivity contribution in [3.8, 4) is 0 Å². The number of nitro benzene ring substituents is 1. The number of anilines is 1. The van der Waals surface area contributed by atoms with Gasteiger partial charge in [0.15, 0.2) is 0 Å². The van der Waals surface area contributed by atoms with Crippen LogP contribution in [0.25, 0.3) is 5.76 Å². The second-order valence-corrected chi connectivity index (χ2v) is 6.69. The molecule has 1 saturated heterocycles. The lowest BCUT2D eigenvalue weighted by Gasteiger charge is -2.25. The van der Waals surface area contributed by atoms with Crippen LogP contribution >= 0.6 is 0 Å². The van der Waals surface area contributed by atoms with Crippen molar-refractivity contribution in [2.24, 2.45) is 0 Å². The highest BCUT2D eigenvalue weighted by molar-refractivity contribution is 6.51. The summed E-state index contributed by atoms with van der Waals surface area (Å²) in [4.78, 5) is 38.3. The van der Waals surface area contributed by atoms with Crippen LogP contribution in [0.5, 0.6) is 0 Å². The average Bonchev–Trinajstić information content (AvgIpc) is 3.05. The van der Waals surface area contributed by atoms with E-state index >= 15 is 0 Å². The van der Waals surface area contributed by atoms with E-state index in [9.17, 15) is 24.8 Å². The number of amides is 1. The molecular weight excluding hydrogens is 384 g/mol. The van der Waals surface area contributed by atoms with Crippen LogP contribution in [-0.4, -0.2) is 21.7 Å². The summed E-state index contributed by atoms with van der Waals surface area (Å²) < 4.78 is 0. The van der Waals surface area contributed by atoms with Gasteiger partial charge in [-0.2, -0.15) is 0 Å². The van der Waals surface area contributed by atoms with Crippen LogP contribution in [0.3, 0.4) is 0 Å². The number of para-hydroxylation sites is 2. The van der Waals surface area contributed by atoms with E-state index in [-0.39, 0.29) is 22.6 Å². The van der Waals surface area contributed by atoms with E-state index in [2.05, 4.69) is 0 Å². The van der Waals surface area contributed by atoms with Gasteiger partial charge in [-0.05, 0) is 18.2 Å². The van der Waals surface area contributed by atoms with Gasteiger partial charge in [0.1, 0.15) is 11.8 Å². The first-order chi connectivity index (χ1) is 14.5. The normalized spacial score (nSPS) is 17.9. The Morgan fingerprint density at radius 3 is 2.07 bits per heavy atom. The van der Waals surface area contributed by atoms with Crippen molar-refractivity contribution < 1.29 is 19.6 Å². The smallest absolute Gasteiger partial charge is 0.300 e. The summed E-state index contributed by atoms with van der Waals surface area (Å²) in [5, 5.41) is 22.6. The number of Topliss-reactive ketones (excluding diaryl/α,β-unsaturated/α-hetero) is 1. The van der Waals surface area contributed by atoms with Gasteiger partial charge in [-0.15, -0.1) is 0 Å². The molecule has 1 fully saturated rings. The molecule has 0 saturated carbocycles. The van der Waals surface area contributed by atoms with Gasteiger partial charge in [-0.1, -0.05) is 60.7 Å². The molecule has 4 rings (SSSR count). The third kappa shape index (κ3) is 3.12. The SMILES string of the molecule is O=C1C(=O)N(c2ccccc2)C(c2ccccc2[N+](=O)[O-])C1=C(O)c1ccccc1. The van der Waals surface area contributed by atoms with E-state index in [0.29, 0.717) is 11.3 Å². The van der Waals surface area contributed by atoms with Crippen molar-refractivity contribution in [3.63, 3.8) is 0 Å². The zero-order valence-corrected chi connectivity index (χ0v) is 15.6. The molecule has 1 atom stereocenters. The Morgan fingerprint density at radius 2 is 1.43 bits per heavy atom. The molecule has 1 heterocycles. The lowest BCUT2D eigenvalue weighted by atomic mass is 9.94. The van der Waals surface area contributed by atoms with E-state index in [1.54, 1.807) is 66.7 Å². The molecule has 30 heavy (non-hydrogen) atoms. The Kier molecular flexibility index (Phi) is 4.85. The second kappa shape index (κ2) is 7.63. The van der Waals surface area contributed by atoms with Crippen molar-refractivity contribution in [3.05, 3.63) is 112 Å². The fourth-order valence-corrected chi connectivity index (χ4v) is 3.62. The van der Waals surface area contributed by atoms with Gasteiger partial charge in [0.05, 0.1) is 16.1 Å². The summed E-state index contributed by atoms with van der Waals surface area (Å²) >= 11 is 0. The quantitative estimate of drug-likeness (QED) is 0.232. The van der Waals surface area contributed by atoms with Gasteiger partial charge in [0, 0.05) is 17.3 Å². The minimum absolute atomic E-state index is 0.142. The lowest BCUT2D eigenvalue weighted by molar-refractivity contribution is -0.385. The number of benzene rings is 3. The van der Waals surface area contributed by atoms with E-state index in [0.717, 1.165) is 0 Å². The Labute approximate surface area is 171 Å². The monoisotopic (exact) mass is 400 g/mol. The van der Waals surface area contributed by atoms with Crippen LogP contribution in [0, 0.1) is 10.1 Å². The molecule has 1 aliphatic heterocycles. The molecule has 1 aliphatic rings. The molecule has 3 aromatic carbocycles. The van der Waals surface area contributed by atoms with Crippen LogP contribution in [-0.2, 0) is 9.59 Å². The van der Waals surface area contributed by atoms with Gasteiger partial charge in [0.25, 0.3) is 17.4 Å². The highest BCUT2D eigenvalue weighted by Gasteiger charge is 2.48. The first-order valence-corrected chi connectivity index (χ1v) is 9.15. The number of carbonyl (C=O) groups excluding carboxylic acids is 2. The molecule has 1 amide bonds. The Hall–Kier alpha value is -4.26. The maximum Gasteiger partial charge on any atom is 0.300 e. The summed E-state index contributed by atoms with van der Waals surface area (Å²) in [5.41, 5.74) is 0.443. The molecule has 7 heteroatoms. The minimum atomic E-state index is -1.14. The minimum Gasteiger partial charge on any atom is -0.507 e. The zero-order valence-electron chi connectivity index (χ0n) is 15.6. The molecule has 0 aliphatic carbocycles. The molecule has 7 nitrogen and oxygen atoms in total. The number of nitro groups is 1. The molecule has 0 radical (unpaired) electrons. The summed E-state index contributed by atoms with van der Waals surface area (Å²) in [6, 6.07) is 21.5. The molecule has 0 bridgehead atoms. The van der Waals surface area contributed by atoms with Crippen LogP contribution in [0.2, 0.25) is 0 Å². The van der Waals surface area contributed by atoms with Crippen LogP contribution in [0.4, 0.5) is 11.4 Å². The predicted molar refractivity (Wildman–Crippen MR) is 111 cm³/mol. The van der Waals surface area contributed by atoms with Crippen molar-refractivity contribution >= 4 is 28.8 Å². The fourth-order valence-electron chi connectivity index (χ4n) is 3.62. The third-order valence-corrected chi connectivity index (χ3v) is 4.95. The van der Waals surface area contributed by atoms with Gasteiger partial charge >= 0.3 is 0 Å². The Morgan fingerprint density at radius 1 is 0.867 bits per heavy atom. The number of hydrogen-bond donors (Lipinski definition) is 1. The first-order valence-electron chi connectivity index (χ1n) is 9.15. The molecule has 1 N–H and O–H groups in total. The maximum atomic E-state index is 13.0. The number of aliphatic hydroxyl groups excluding tert-OH is 1. The number of carbonyl (C=O) groups is 2. The summed E-state index contributed by atoms with van der Waals surface area (Å²) in [7, 11) is 0. The third-order valence-electron chi connectivity index (χ3n) is 4.95. The van der Waals surface area contributed by atoms with Crippen LogP contribution in [0.1, 0.15) is 17.2 Å². The topological polar surface area (TPSA) is 101 Å². The van der Waals surface area contributed by atoms with Crippen molar-refractivity contribution in [2.45, 2.75) is 6.04 Å². The van der Waals surface area contributed by atoms with Crippen molar-refractivity contribution in [1.29, 1.82) is 0 Å². The van der Waals surface area contributed by atoms with E-state index < -0.39 is 22.7 Å². The average molecular weight is 400 g/mol. The number of aliphatic hydroxyl groups is 1. The predicted octanol–water partition coefficient (Wildman–Crippen LogP) is 4.22. The van der Waals surface area contributed by atoms with Gasteiger partial charge in [-0.25, -0.2) is 0 Å². The maximum absolute atomic E-state index is 13.0. The van der Waals surface area contributed by atoms with Gasteiger partial charge in [-0.3, -0.25) is 24.6 Å². The van der Waals surface area contributed by atoms with E-state index in [1.165, 1.54) is 23.1 Å². The fraction of sp³-hybridized carbons (Fsp3) is 0.0435. The van der Waals surface area contributed by atoms with Crippen LogP contribution < -0.4 is 4.90 Å². The lowest BCUT2D eigenvalue weighted by Crippen LogP contribution is -2.29. The molecule has 3 aromatic rings. The standard InChI is InChI=1S/C23H16N2O5/c26-21(15-9-3-1-4-10-15)19-20(17-13-7-8-14-18(17)25(29)30)24(23(28)22(19)27)16-11-5-2-6-12-16/h1-14,20,26H. The van der Waals surface area contributed by atoms with Crippen LogP contribution in [0.15, 0.2) is 90.5 Å². The second-order valence-electron chi connectivity index (χ2n) is 6.69. The van der Waals surface area contributed by atoms with Gasteiger partial charge < -0.3 is 5.11 Å². The molecule has 0 aromatic heterocycles. The molecular formula is C23H16N2O5. The number of ketones is 1. The Balaban J connectivity index is 2.02. The largest absolute Gasteiger partial charge is 0.507 e. The summed E-state index contributed by atoms with van der Waals surface area (Å²) in [5.74, 6) is -2.14. The summed E-state index contributed by atoms with van der Waals surface area (Å²) in [6.07, 6.45) is 0. The van der Waals surface area contributed by atoms with Crippen molar-refractivity contribution in [1.82, 2.24) is 0 Å². The Bertz CT molecular complexity index is 1170. The van der Waals surface area contributed by atoms with Crippen molar-refractivity contribution in [2.75, 3.05) is 4.90 Å². The molecule has 1 unspecified atom stereocenters. The van der Waals surface area contributed by atoms with Gasteiger partial charge in [0.2, 0.25) is 0 Å². The highest BCUT2D eigenvalue weighted by Crippen LogP contribution is 2.44. The zero-order chi connectivity index (χ0) is 21.3. The molecule has 0 spiro atoms. The van der Waals surface area contributed by atoms with E-state index in [1.807, 2.05) is 0 Å². The number of hydrogen-bond acceptors (Lipinski definition) is 5. The number of nitrogens with zero attached hydrogens (tertiary/aromatic N) is 2. The highest BCUT2D eigenvalue weighted by atomic mass is 16.6. The molecule has 148 valence electrons. The van der Waals surface area contributed by atoms with E-state index in [4.69, 9.17) is 0 Å².